The molecule has 0 unspecified atom stereocenters. The Morgan fingerprint density at radius 1 is 1.45 bits per heavy atom. The minimum absolute atomic E-state index is 0.0976. The van der Waals surface area contributed by atoms with Gasteiger partial charge in [-0.05, 0) is 42.9 Å². The van der Waals surface area contributed by atoms with Gasteiger partial charge in [-0.15, -0.1) is 11.3 Å². The third-order valence-electron chi connectivity index (χ3n) is 3.90. The molecule has 0 amide bonds. The quantitative estimate of drug-likeness (QED) is 0.641. The van der Waals surface area contributed by atoms with Crippen molar-refractivity contribution < 1.29 is 0 Å². The van der Waals surface area contributed by atoms with Crippen molar-refractivity contribution in [2.24, 2.45) is 5.92 Å². The summed E-state index contributed by atoms with van der Waals surface area (Å²) < 4.78 is 1.32. The van der Waals surface area contributed by atoms with Gasteiger partial charge in [0.1, 0.15) is 9.98 Å². The monoisotopic (exact) mass is 305 g/mol. The number of aryl methyl sites for hydroxylation is 1. The molecule has 1 atom stereocenters. The van der Waals surface area contributed by atoms with Crippen molar-refractivity contribution >= 4 is 38.8 Å². The van der Waals surface area contributed by atoms with Crippen molar-refractivity contribution in [3.63, 3.8) is 0 Å². The van der Waals surface area contributed by atoms with Crippen molar-refractivity contribution in [2.45, 2.75) is 26.2 Å². The van der Waals surface area contributed by atoms with Gasteiger partial charge in [0, 0.05) is 4.88 Å². The minimum Gasteiger partial charge on any atom is -0.267 e. The van der Waals surface area contributed by atoms with Crippen LogP contribution in [0, 0.1) is 5.92 Å². The summed E-state index contributed by atoms with van der Waals surface area (Å²) in [5, 5.41) is 5.12. The number of halogens is 1. The van der Waals surface area contributed by atoms with E-state index in [-0.39, 0.29) is 5.56 Å². The number of thiophene rings is 1. The SMILES string of the molecule is C[C@H]1CCc2c(sc3nc4ccc(Cl)nn4c(=O)c23)C1. The van der Waals surface area contributed by atoms with Crippen LogP contribution < -0.4 is 5.56 Å². The van der Waals surface area contributed by atoms with Crippen LogP contribution in [0.5, 0.6) is 0 Å². The molecule has 0 bridgehead atoms. The maximum Gasteiger partial charge on any atom is 0.283 e. The molecule has 0 saturated heterocycles. The zero-order chi connectivity index (χ0) is 13.9. The van der Waals surface area contributed by atoms with Crippen LogP contribution in [-0.4, -0.2) is 14.6 Å². The van der Waals surface area contributed by atoms with Crippen LogP contribution >= 0.6 is 22.9 Å². The maximum atomic E-state index is 12.7. The van der Waals surface area contributed by atoms with Crippen molar-refractivity contribution in [3.8, 4) is 0 Å². The number of hydrogen-bond acceptors (Lipinski definition) is 4. The van der Waals surface area contributed by atoms with Crippen molar-refractivity contribution in [1.29, 1.82) is 0 Å². The lowest BCUT2D eigenvalue weighted by Crippen LogP contribution is -2.19. The van der Waals surface area contributed by atoms with E-state index in [0.717, 1.165) is 29.5 Å². The van der Waals surface area contributed by atoms with Crippen LogP contribution in [0.2, 0.25) is 5.15 Å². The summed E-state index contributed by atoms with van der Waals surface area (Å²) in [7, 11) is 0. The van der Waals surface area contributed by atoms with Crippen LogP contribution in [0.25, 0.3) is 15.9 Å². The molecule has 3 aromatic heterocycles. The smallest absolute Gasteiger partial charge is 0.267 e. The molecule has 4 nitrogen and oxygen atoms in total. The number of rotatable bonds is 0. The summed E-state index contributed by atoms with van der Waals surface area (Å²) in [4.78, 5) is 19.4. The topological polar surface area (TPSA) is 47.3 Å². The first-order valence-corrected chi connectivity index (χ1v) is 7.83. The van der Waals surface area contributed by atoms with Crippen molar-refractivity contribution in [1.82, 2.24) is 14.6 Å². The zero-order valence-corrected chi connectivity index (χ0v) is 12.5. The third-order valence-corrected chi connectivity index (χ3v) is 5.25. The van der Waals surface area contributed by atoms with Crippen molar-refractivity contribution in [3.05, 3.63) is 38.1 Å². The third kappa shape index (κ3) is 1.70. The largest absolute Gasteiger partial charge is 0.283 e. The minimum atomic E-state index is -0.0976. The summed E-state index contributed by atoms with van der Waals surface area (Å²) in [5.74, 6) is 0.681. The van der Waals surface area contributed by atoms with Gasteiger partial charge in [-0.2, -0.15) is 9.61 Å². The van der Waals surface area contributed by atoms with Crippen LogP contribution in [0.3, 0.4) is 0 Å². The molecule has 0 N–H and O–H groups in total. The highest BCUT2D eigenvalue weighted by Gasteiger charge is 2.23. The molecule has 102 valence electrons. The van der Waals surface area contributed by atoms with E-state index in [4.69, 9.17) is 11.6 Å². The molecule has 0 radical (unpaired) electrons. The van der Waals surface area contributed by atoms with E-state index in [1.54, 1.807) is 23.5 Å². The highest BCUT2D eigenvalue weighted by Crippen LogP contribution is 2.35. The first-order chi connectivity index (χ1) is 9.63. The summed E-state index contributed by atoms with van der Waals surface area (Å²) in [6, 6.07) is 3.39. The zero-order valence-electron chi connectivity index (χ0n) is 10.9. The van der Waals surface area contributed by atoms with Gasteiger partial charge in [0.15, 0.2) is 5.65 Å². The first kappa shape index (κ1) is 12.3. The van der Waals surface area contributed by atoms with Crippen LogP contribution in [0.15, 0.2) is 16.9 Å². The summed E-state index contributed by atoms with van der Waals surface area (Å²) >= 11 is 7.53. The molecular weight excluding hydrogens is 294 g/mol. The molecule has 3 aromatic rings. The summed E-state index contributed by atoms with van der Waals surface area (Å²) in [6.45, 7) is 2.26. The molecule has 20 heavy (non-hydrogen) atoms. The number of hydrogen-bond donors (Lipinski definition) is 0. The Hall–Kier alpha value is -1.46. The Balaban J connectivity index is 2.13. The Morgan fingerprint density at radius 3 is 3.15 bits per heavy atom. The highest BCUT2D eigenvalue weighted by molar-refractivity contribution is 7.18. The molecule has 0 fully saturated rings. The molecule has 0 spiro atoms. The molecule has 0 saturated carbocycles. The Labute approximate surface area is 124 Å². The standard InChI is InChI=1S/C14H12ClN3OS/c1-7-2-3-8-9(6-7)20-13-12(8)14(19)18-11(16-13)5-4-10(15)17-18/h4-5,7H,2-3,6H2,1H3/t7-/m0/s1. The number of nitrogens with zero attached hydrogens (tertiary/aromatic N) is 3. The molecule has 6 heteroatoms. The lowest BCUT2D eigenvalue weighted by molar-refractivity contribution is 0.509. The van der Waals surface area contributed by atoms with E-state index in [1.165, 1.54) is 15.0 Å². The van der Waals surface area contributed by atoms with E-state index in [1.807, 2.05) is 0 Å². The Morgan fingerprint density at radius 2 is 2.30 bits per heavy atom. The van der Waals surface area contributed by atoms with E-state index >= 15 is 0 Å². The average molecular weight is 306 g/mol. The van der Waals surface area contributed by atoms with Gasteiger partial charge in [-0.3, -0.25) is 4.79 Å². The van der Waals surface area contributed by atoms with Gasteiger partial charge in [-0.1, -0.05) is 18.5 Å². The lowest BCUT2D eigenvalue weighted by atomic mass is 9.89. The number of aromatic nitrogens is 3. The molecule has 1 aliphatic rings. The predicted octanol–water partition coefficient (Wildman–Crippen LogP) is 3.08. The molecule has 0 aromatic carbocycles. The van der Waals surface area contributed by atoms with Crippen LogP contribution in [-0.2, 0) is 12.8 Å². The second kappa shape index (κ2) is 4.27. The van der Waals surface area contributed by atoms with E-state index in [0.29, 0.717) is 16.7 Å². The van der Waals surface area contributed by atoms with Crippen LogP contribution in [0.1, 0.15) is 23.8 Å². The predicted molar refractivity (Wildman–Crippen MR) is 80.8 cm³/mol. The average Bonchev–Trinajstić information content (AvgIpc) is 2.77. The first-order valence-electron chi connectivity index (χ1n) is 6.63. The summed E-state index contributed by atoms with van der Waals surface area (Å²) in [6.07, 6.45) is 3.13. The fraction of sp³-hybridized carbons (Fsp3) is 0.357. The lowest BCUT2D eigenvalue weighted by Gasteiger charge is -2.17. The van der Waals surface area contributed by atoms with E-state index in [2.05, 4.69) is 17.0 Å². The van der Waals surface area contributed by atoms with Gasteiger partial charge in [0.25, 0.3) is 5.56 Å². The summed E-state index contributed by atoms with van der Waals surface area (Å²) in [5.41, 5.74) is 1.63. The Bertz CT molecular complexity index is 899. The second-order valence-corrected chi connectivity index (χ2v) is 6.85. The molecule has 4 rings (SSSR count). The fourth-order valence-electron chi connectivity index (χ4n) is 2.87. The normalized spacial score (nSPS) is 18.6. The van der Waals surface area contributed by atoms with E-state index < -0.39 is 0 Å². The Kier molecular flexibility index (Phi) is 2.62. The molecule has 1 aliphatic carbocycles. The second-order valence-electron chi connectivity index (χ2n) is 5.37. The van der Waals surface area contributed by atoms with Crippen LogP contribution in [0.4, 0.5) is 0 Å². The highest BCUT2D eigenvalue weighted by atomic mass is 35.5. The van der Waals surface area contributed by atoms with Gasteiger partial charge in [0.05, 0.1) is 5.39 Å². The van der Waals surface area contributed by atoms with Gasteiger partial charge < -0.3 is 0 Å². The molecular formula is C14H12ClN3OS. The van der Waals surface area contributed by atoms with Crippen molar-refractivity contribution in [2.75, 3.05) is 0 Å². The number of fused-ring (bicyclic) bond motifs is 4. The maximum absolute atomic E-state index is 12.7. The molecule has 0 aliphatic heterocycles. The van der Waals surface area contributed by atoms with Gasteiger partial charge in [0.2, 0.25) is 0 Å². The molecule has 3 heterocycles. The van der Waals surface area contributed by atoms with Gasteiger partial charge >= 0.3 is 0 Å². The fourth-order valence-corrected chi connectivity index (χ4v) is 4.39. The van der Waals surface area contributed by atoms with Gasteiger partial charge in [-0.25, -0.2) is 4.98 Å². The van der Waals surface area contributed by atoms with E-state index in [9.17, 15) is 4.79 Å².